The third kappa shape index (κ3) is 2.20. The Kier molecular flexibility index (Phi) is 3.68. The summed E-state index contributed by atoms with van der Waals surface area (Å²) in [5.41, 5.74) is 1.19. The second kappa shape index (κ2) is 5.33. The first-order valence-corrected chi connectivity index (χ1v) is 8.55. The van der Waals surface area contributed by atoms with E-state index in [0.29, 0.717) is 0 Å². The second-order valence-corrected chi connectivity index (χ2v) is 7.81. The molecule has 0 spiro atoms. The molecule has 1 unspecified atom stereocenters. The van der Waals surface area contributed by atoms with E-state index in [0.717, 1.165) is 5.30 Å². The monoisotopic (exact) mass is 282 g/mol. The van der Waals surface area contributed by atoms with Crippen molar-refractivity contribution < 1.29 is 4.52 Å². The first-order chi connectivity index (χ1) is 9.63. The average molecular weight is 282 g/mol. The van der Waals surface area contributed by atoms with Gasteiger partial charge in [-0.15, -0.1) is 0 Å². The van der Waals surface area contributed by atoms with Gasteiger partial charge in [0.05, 0.1) is 6.04 Å². The Morgan fingerprint density at radius 3 is 2.15 bits per heavy atom. The summed E-state index contributed by atoms with van der Waals surface area (Å²) < 4.78 is 8.57. The largest absolute Gasteiger partial charge is 0.434 e. The Morgan fingerprint density at radius 2 is 1.55 bits per heavy atom. The van der Waals surface area contributed by atoms with E-state index in [1.54, 1.807) is 0 Å². The molecule has 1 heterocycles. The van der Waals surface area contributed by atoms with Crippen LogP contribution in [0.5, 0.6) is 0 Å². The number of rotatable bonds is 2. The minimum Gasteiger partial charge on any atom is -0.224 e. The third-order valence-corrected chi connectivity index (χ3v) is 6.91. The Labute approximate surface area is 122 Å². The van der Waals surface area contributed by atoms with Gasteiger partial charge in [-0.3, -0.25) is 0 Å². The summed E-state index contributed by atoms with van der Waals surface area (Å²) in [6, 6.07) is 20.7. The Balaban J connectivity index is 1.97. The summed E-state index contributed by atoms with van der Waals surface area (Å²) >= 11 is 0. The molecule has 0 saturated carbocycles. The Bertz CT molecular complexity index is 580. The maximum absolute atomic E-state index is 6.66. The number of hydrogen-bond acceptors (Lipinski definition) is 2. The molecule has 3 atom stereocenters. The minimum atomic E-state index is -2.21. The molecule has 1 aliphatic rings. The van der Waals surface area contributed by atoms with Crippen molar-refractivity contribution in [3.63, 3.8) is 0 Å². The highest BCUT2D eigenvalue weighted by Crippen LogP contribution is 2.66. The van der Waals surface area contributed by atoms with Gasteiger partial charge in [-0.05, 0) is 24.6 Å². The van der Waals surface area contributed by atoms with Crippen LogP contribution >= 0.6 is 7.52 Å². The highest BCUT2D eigenvalue weighted by Gasteiger charge is 2.55. The fourth-order valence-electron chi connectivity index (χ4n) is 2.67. The predicted molar refractivity (Wildman–Crippen MR) is 86.2 cm³/mol. The van der Waals surface area contributed by atoms with Crippen LogP contribution in [0.25, 0.3) is 0 Å². The molecule has 1 aliphatic heterocycles. The van der Waals surface area contributed by atoms with Gasteiger partial charge in [0, 0.05) is 7.05 Å². The van der Waals surface area contributed by atoms with Gasteiger partial charge in [0.15, 0.2) is 7.52 Å². The molecular weight excluding hydrogens is 264 g/mol. The van der Waals surface area contributed by atoms with Crippen molar-refractivity contribution in [1.82, 2.24) is 4.67 Å². The van der Waals surface area contributed by atoms with Crippen LogP contribution in [0.1, 0.15) is 18.6 Å². The van der Waals surface area contributed by atoms with Crippen LogP contribution in [0.15, 0.2) is 60.7 Å². The molecule has 4 heteroatoms. The summed E-state index contributed by atoms with van der Waals surface area (Å²) in [7, 11) is 6.51. The average Bonchev–Trinajstić information content (AvgIpc) is 2.75. The lowest BCUT2D eigenvalue weighted by Gasteiger charge is -2.23. The van der Waals surface area contributed by atoms with Gasteiger partial charge in [0.25, 0.3) is 0 Å². The lowest BCUT2D eigenvalue weighted by atomic mass is 10.0. The van der Waals surface area contributed by atoms with Crippen LogP contribution in [-0.4, -0.2) is 25.3 Å². The molecule has 0 aromatic heterocycles. The van der Waals surface area contributed by atoms with Crippen LogP contribution in [-0.2, 0) is 4.52 Å². The van der Waals surface area contributed by atoms with E-state index >= 15 is 0 Å². The summed E-state index contributed by atoms with van der Waals surface area (Å²) in [5.74, 6) is 0. The summed E-state index contributed by atoms with van der Waals surface area (Å²) in [6.07, 6.45) is 0.0275. The number of likely N-dealkylation sites (N-methyl/N-ethyl adjacent to an activating group) is 1. The maximum atomic E-state index is 6.66. The van der Waals surface area contributed by atoms with E-state index in [-0.39, 0.29) is 12.1 Å². The predicted octanol–water partition coefficient (Wildman–Crippen LogP) is 3.33. The number of benzene rings is 2. The molecule has 2 aromatic carbocycles. The van der Waals surface area contributed by atoms with Crippen LogP contribution in [0.3, 0.4) is 0 Å². The molecule has 2 nitrogen and oxygen atoms in total. The molecule has 0 amide bonds. The molecule has 3 rings (SSSR count). The van der Waals surface area contributed by atoms with Crippen LogP contribution in [0, 0.1) is 0 Å². The molecule has 0 N–H and O–H groups in total. The molecule has 2 radical (unpaired) electrons. The van der Waals surface area contributed by atoms with Gasteiger partial charge in [0.1, 0.15) is 11.4 Å². The molecule has 100 valence electrons. The fraction of sp³-hybridized carbons (Fsp3) is 0.250. The van der Waals surface area contributed by atoms with Crippen LogP contribution in [0.2, 0.25) is 0 Å². The first-order valence-electron chi connectivity index (χ1n) is 6.83. The standard InChI is InChI=1S/C16H18BNOP/c1-13-16(14-9-5-3-6-10-14)19-20(17,18(13)2)15-11-7-4-8-12-15/h3-13,16H,1-2H3/q+1/t13-,16-,20?/m1/s1. The van der Waals surface area contributed by atoms with E-state index in [9.17, 15) is 0 Å². The van der Waals surface area contributed by atoms with Gasteiger partial charge >= 0.3 is 7.57 Å². The van der Waals surface area contributed by atoms with E-state index < -0.39 is 7.52 Å². The van der Waals surface area contributed by atoms with Gasteiger partial charge < -0.3 is 0 Å². The number of hydrogen-bond donors (Lipinski definition) is 0. The normalized spacial score (nSPS) is 30.5. The van der Waals surface area contributed by atoms with Crippen molar-refractivity contribution in [2.24, 2.45) is 0 Å². The SMILES string of the molecule is [B][P+]1(c2ccccc2)O[C@@H](c2ccccc2)[C@@H](C)N1C. The van der Waals surface area contributed by atoms with E-state index in [1.165, 1.54) is 5.56 Å². The van der Waals surface area contributed by atoms with Crippen molar-refractivity contribution in [3.05, 3.63) is 66.2 Å². The molecule has 1 saturated heterocycles. The van der Waals surface area contributed by atoms with Gasteiger partial charge in [0.2, 0.25) is 0 Å². The Hall–Kier alpha value is -1.15. The molecule has 2 aromatic rings. The number of nitrogens with zero attached hydrogens (tertiary/aromatic N) is 1. The summed E-state index contributed by atoms with van der Waals surface area (Å²) in [6.45, 7) is 2.18. The second-order valence-electron chi connectivity index (χ2n) is 5.21. The summed E-state index contributed by atoms with van der Waals surface area (Å²) in [4.78, 5) is 0. The third-order valence-electron chi connectivity index (χ3n) is 4.02. The maximum Gasteiger partial charge on any atom is 0.434 e. The zero-order valence-corrected chi connectivity index (χ0v) is 12.7. The Morgan fingerprint density at radius 1 is 1.00 bits per heavy atom. The van der Waals surface area contributed by atoms with Crippen LogP contribution in [0.4, 0.5) is 0 Å². The van der Waals surface area contributed by atoms with E-state index in [2.05, 4.69) is 42.9 Å². The zero-order chi connectivity index (χ0) is 14.2. The molecular formula is C16H18BNOP+. The lowest BCUT2D eigenvalue weighted by molar-refractivity contribution is 0.217. The van der Waals surface area contributed by atoms with Crippen molar-refractivity contribution in [1.29, 1.82) is 0 Å². The minimum absolute atomic E-state index is 0.0275. The highest BCUT2D eigenvalue weighted by molar-refractivity contribution is 7.97. The van der Waals surface area contributed by atoms with Crippen molar-refractivity contribution in [3.8, 4) is 0 Å². The quantitative estimate of drug-likeness (QED) is 0.618. The highest BCUT2D eigenvalue weighted by atomic mass is 31.2. The lowest BCUT2D eigenvalue weighted by Crippen LogP contribution is -2.28. The van der Waals surface area contributed by atoms with Crippen molar-refractivity contribution in [2.75, 3.05) is 7.05 Å². The smallest absolute Gasteiger partial charge is 0.224 e. The van der Waals surface area contributed by atoms with Gasteiger partial charge in [-0.2, -0.15) is 4.67 Å². The molecule has 1 fully saturated rings. The van der Waals surface area contributed by atoms with Crippen molar-refractivity contribution >= 4 is 20.4 Å². The van der Waals surface area contributed by atoms with Gasteiger partial charge in [-0.1, -0.05) is 48.5 Å². The topological polar surface area (TPSA) is 12.5 Å². The van der Waals surface area contributed by atoms with Gasteiger partial charge in [-0.25, -0.2) is 4.52 Å². The fourth-order valence-corrected chi connectivity index (χ4v) is 5.21. The zero-order valence-electron chi connectivity index (χ0n) is 11.8. The van der Waals surface area contributed by atoms with E-state index in [4.69, 9.17) is 12.1 Å². The van der Waals surface area contributed by atoms with E-state index in [1.807, 2.05) is 36.4 Å². The molecule has 0 bridgehead atoms. The first kappa shape index (κ1) is 13.8. The molecule has 0 aliphatic carbocycles. The molecule has 20 heavy (non-hydrogen) atoms. The van der Waals surface area contributed by atoms with Crippen molar-refractivity contribution in [2.45, 2.75) is 19.1 Å². The summed E-state index contributed by atoms with van der Waals surface area (Å²) in [5, 5.41) is 1.09. The van der Waals surface area contributed by atoms with Crippen LogP contribution < -0.4 is 5.30 Å².